The number of halogens is 2. The van der Waals surface area contributed by atoms with E-state index in [0.717, 1.165) is 63.2 Å². The Morgan fingerprint density at radius 1 is 1.10 bits per heavy atom. The molecule has 2 saturated carbocycles. The molecule has 11 nitrogen and oxygen atoms in total. The zero-order valence-electron chi connectivity index (χ0n) is 26.7. The maximum atomic E-state index is 13.4. The van der Waals surface area contributed by atoms with Crippen LogP contribution in [0.1, 0.15) is 42.5 Å². The third kappa shape index (κ3) is 5.82. The van der Waals surface area contributed by atoms with Crippen molar-refractivity contribution in [2.75, 3.05) is 50.1 Å². The van der Waals surface area contributed by atoms with Crippen LogP contribution in [-0.4, -0.2) is 89.0 Å². The number of anilines is 2. The highest BCUT2D eigenvalue weighted by Crippen LogP contribution is 2.56. The van der Waals surface area contributed by atoms with E-state index in [1.165, 1.54) is 6.20 Å². The molecule has 2 aliphatic carbocycles. The third-order valence-electron chi connectivity index (χ3n) is 10.1. The highest BCUT2D eigenvalue weighted by atomic mass is 35.5. The highest BCUT2D eigenvalue weighted by molar-refractivity contribution is 6.34. The second-order valence-electron chi connectivity index (χ2n) is 13.8. The average Bonchev–Trinajstić information content (AvgIpc) is 3.96. The molecule has 0 unspecified atom stereocenters. The molecule has 2 saturated heterocycles. The topological polar surface area (TPSA) is 113 Å². The molecule has 4 fully saturated rings. The third-order valence-corrected chi connectivity index (χ3v) is 10.7. The number of benzene rings is 1. The van der Waals surface area contributed by atoms with Crippen LogP contribution in [0.3, 0.4) is 0 Å². The molecule has 3 aromatic heterocycles. The Labute approximate surface area is 287 Å². The molecule has 48 heavy (non-hydrogen) atoms. The predicted molar refractivity (Wildman–Crippen MR) is 185 cm³/mol. The minimum atomic E-state index is -1.30. The molecule has 1 N–H and O–H groups in total. The predicted octanol–water partition coefficient (Wildman–Crippen LogP) is 5.52. The summed E-state index contributed by atoms with van der Waals surface area (Å²) in [7, 11) is 4.14. The SMILES string of the molecule is CN(C)C1CN(c2ccc(-n3cc(C(=O)O)c(=O)c4cc(Cl)c(N5CC6(CC6)C[C@@H]5COc5nc(OC6CC6)ccc5Cl)cc43)cn2)C1. The molecule has 0 radical (unpaired) electrons. The summed E-state index contributed by atoms with van der Waals surface area (Å²) in [5, 5.41) is 10.9. The van der Waals surface area contributed by atoms with Gasteiger partial charge in [0.2, 0.25) is 17.2 Å². The molecule has 2 aliphatic heterocycles. The molecule has 4 aromatic rings. The van der Waals surface area contributed by atoms with E-state index in [1.807, 2.05) is 18.2 Å². The summed E-state index contributed by atoms with van der Waals surface area (Å²) in [6.45, 7) is 2.89. The van der Waals surface area contributed by atoms with Crippen LogP contribution in [0.4, 0.5) is 11.5 Å². The minimum absolute atomic E-state index is 0.0322. The smallest absolute Gasteiger partial charge is 0.341 e. The van der Waals surface area contributed by atoms with Crippen molar-refractivity contribution < 1.29 is 19.4 Å². The number of pyridine rings is 3. The number of rotatable bonds is 10. The number of carboxylic acid groups (broad SMARTS) is 1. The molecule has 5 heterocycles. The van der Waals surface area contributed by atoms with Gasteiger partial charge in [0.05, 0.1) is 34.2 Å². The number of carboxylic acids is 1. The van der Waals surface area contributed by atoms with Gasteiger partial charge in [-0.25, -0.2) is 9.78 Å². The highest BCUT2D eigenvalue weighted by Gasteiger charge is 2.52. The number of carbonyl (C=O) groups is 1. The molecule has 0 amide bonds. The van der Waals surface area contributed by atoms with Crippen molar-refractivity contribution in [3.8, 4) is 17.4 Å². The van der Waals surface area contributed by atoms with Crippen molar-refractivity contribution in [1.82, 2.24) is 19.4 Å². The quantitative estimate of drug-likeness (QED) is 0.228. The van der Waals surface area contributed by atoms with E-state index in [4.69, 9.17) is 37.7 Å². The Morgan fingerprint density at radius 2 is 1.90 bits per heavy atom. The number of hydrogen-bond donors (Lipinski definition) is 1. The molecule has 4 aliphatic rings. The summed E-state index contributed by atoms with van der Waals surface area (Å²) in [5.41, 5.74) is 1.18. The number of aromatic carboxylic acids is 1. The Hall–Kier alpha value is -4.06. The zero-order chi connectivity index (χ0) is 33.3. The first-order chi connectivity index (χ1) is 23.1. The van der Waals surface area contributed by atoms with E-state index in [1.54, 1.807) is 29.0 Å². The lowest BCUT2D eigenvalue weighted by Gasteiger charge is -2.43. The lowest BCUT2D eigenvalue weighted by molar-refractivity contribution is 0.0695. The van der Waals surface area contributed by atoms with Crippen molar-refractivity contribution >= 4 is 51.6 Å². The van der Waals surface area contributed by atoms with Crippen LogP contribution in [-0.2, 0) is 0 Å². The van der Waals surface area contributed by atoms with Gasteiger partial charge < -0.3 is 33.8 Å². The Morgan fingerprint density at radius 3 is 2.56 bits per heavy atom. The largest absolute Gasteiger partial charge is 0.477 e. The first-order valence-electron chi connectivity index (χ1n) is 16.3. The lowest BCUT2D eigenvalue weighted by atomic mass is 10.0. The monoisotopic (exact) mass is 690 g/mol. The van der Waals surface area contributed by atoms with Gasteiger partial charge >= 0.3 is 5.97 Å². The number of hydrogen-bond acceptors (Lipinski definition) is 9. The van der Waals surface area contributed by atoms with Gasteiger partial charge in [0, 0.05) is 43.3 Å². The number of nitrogens with zero attached hydrogens (tertiary/aromatic N) is 6. The van der Waals surface area contributed by atoms with Gasteiger partial charge in [-0.1, -0.05) is 23.2 Å². The molecule has 250 valence electrons. The van der Waals surface area contributed by atoms with E-state index in [-0.39, 0.29) is 28.5 Å². The Balaban J connectivity index is 1.13. The first kappa shape index (κ1) is 31.2. The van der Waals surface area contributed by atoms with Crippen molar-refractivity contribution in [3.63, 3.8) is 0 Å². The maximum absolute atomic E-state index is 13.4. The number of fused-ring (bicyclic) bond motifs is 1. The van der Waals surface area contributed by atoms with Crippen LogP contribution >= 0.6 is 23.2 Å². The molecule has 1 spiro atoms. The summed E-state index contributed by atoms with van der Waals surface area (Å²) in [6.07, 6.45) is 8.49. The summed E-state index contributed by atoms with van der Waals surface area (Å²) >= 11 is 13.4. The van der Waals surface area contributed by atoms with Crippen molar-refractivity contribution in [2.45, 2.75) is 50.3 Å². The zero-order valence-corrected chi connectivity index (χ0v) is 28.2. The van der Waals surface area contributed by atoms with Gasteiger partial charge in [0.1, 0.15) is 29.1 Å². The maximum Gasteiger partial charge on any atom is 0.341 e. The summed E-state index contributed by atoms with van der Waals surface area (Å²) < 4.78 is 13.8. The molecule has 8 rings (SSSR count). The molecule has 13 heteroatoms. The number of likely N-dealkylation sites (N-methyl/N-ethyl adjacent to an activating group) is 1. The molecule has 1 aromatic carbocycles. The molecule has 1 atom stereocenters. The fourth-order valence-corrected chi connectivity index (χ4v) is 7.27. The molecule has 0 bridgehead atoms. The van der Waals surface area contributed by atoms with Crippen LogP contribution in [0.15, 0.2) is 53.6 Å². The fraction of sp³-hybridized carbons (Fsp3) is 0.429. The van der Waals surface area contributed by atoms with E-state index in [9.17, 15) is 14.7 Å². The van der Waals surface area contributed by atoms with Crippen LogP contribution < -0.4 is 24.7 Å². The summed E-state index contributed by atoms with van der Waals surface area (Å²) in [6, 6.07) is 11.3. The normalized spacial score (nSPS) is 20.1. The van der Waals surface area contributed by atoms with E-state index < -0.39 is 11.4 Å². The fourth-order valence-electron chi connectivity index (χ4n) is 6.84. The average molecular weight is 692 g/mol. The van der Waals surface area contributed by atoms with Gasteiger partial charge in [-0.2, -0.15) is 4.98 Å². The van der Waals surface area contributed by atoms with Gasteiger partial charge in [0.15, 0.2) is 0 Å². The van der Waals surface area contributed by atoms with Gasteiger partial charge in [-0.05, 0) is 81.9 Å². The van der Waals surface area contributed by atoms with Crippen LogP contribution in [0.25, 0.3) is 16.6 Å². The van der Waals surface area contributed by atoms with Gasteiger partial charge in [-0.3, -0.25) is 4.79 Å². The number of ether oxygens (including phenoxy) is 2. The molecular weight excluding hydrogens is 655 g/mol. The van der Waals surface area contributed by atoms with Gasteiger partial charge in [-0.15, -0.1) is 0 Å². The summed E-state index contributed by atoms with van der Waals surface area (Å²) in [5.74, 6) is 0.373. The standard InChI is InChI=1S/C35H36Cl2N6O5/c1-40(2)22-15-41(16-22)30-7-3-20(14-38-30)42-17-25(34(45)46)32(44)24-11-27(37)29(12-28(24)42)43-19-35(9-10-35)13-21(43)18-47-33-26(36)6-8-31(39-33)48-23-4-5-23/h3,6-8,11-12,14,17,21-23H,4-5,9-10,13,15-16,18-19H2,1-2H3,(H,45,46)/t21-/m1/s1. The van der Waals surface area contributed by atoms with Crippen LogP contribution in [0, 0.1) is 5.41 Å². The van der Waals surface area contributed by atoms with Crippen molar-refractivity contribution in [1.29, 1.82) is 0 Å². The van der Waals surface area contributed by atoms with Crippen LogP contribution in [0.2, 0.25) is 10.0 Å². The van der Waals surface area contributed by atoms with Crippen molar-refractivity contribution in [2.24, 2.45) is 5.41 Å². The van der Waals surface area contributed by atoms with E-state index in [0.29, 0.717) is 45.7 Å². The van der Waals surface area contributed by atoms with Crippen molar-refractivity contribution in [3.05, 3.63) is 74.6 Å². The summed E-state index contributed by atoms with van der Waals surface area (Å²) in [4.78, 5) is 41.5. The van der Waals surface area contributed by atoms with E-state index >= 15 is 0 Å². The second kappa shape index (κ2) is 11.8. The first-order valence-corrected chi connectivity index (χ1v) is 17.1. The Kier molecular flexibility index (Phi) is 7.69. The Bertz CT molecular complexity index is 1970. The van der Waals surface area contributed by atoms with Crippen LogP contribution in [0.5, 0.6) is 11.8 Å². The lowest BCUT2D eigenvalue weighted by Crippen LogP contribution is -2.57. The minimum Gasteiger partial charge on any atom is -0.477 e. The molecular formula is C35H36Cl2N6O5. The van der Waals surface area contributed by atoms with Gasteiger partial charge in [0.25, 0.3) is 0 Å². The number of aromatic nitrogens is 3. The second-order valence-corrected chi connectivity index (χ2v) is 14.6. The van der Waals surface area contributed by atoms with E-state index in [2.05, 4.69) is 33.8 Å².